The standard InChI is InChI=1S/C9H16.C8H9F.C7H16/c1-3-7-5-8-6(2)4-9(7)8;1-7-4-2-3-5-8(7)6-9;1-3-5-7-6-4-2/h6-9H,3-5H2,1-2H3;2-5H,6H2,1H3;3-7H2,1-2H3. The molecular weight excluding hydrogens is 307 g/mol. The molecular formula is C24H41F. The van der Waals surface area contributed by atoms with Crippen molar-refractivity contribution in [2.45, 2.75) is 92.7 Å². The first-order valence-corrected chi connectivity index (χ1v) is 10.7. The molecule has 1 aromatic carbocycles. The van der Waals surface area contributed by atoms with E-state index in [0.29, 0.717) is 0 Å². The number of hydrogen-bond acceptors (Lipinski definition) is 0. The SMILES string of the molecule is CCC1CC2C(C)CC12.CCCCCCC.Cc1ccccc1CF. The molecule has 3 rings (SSSR count). The van der Waals surface area contributed by atoms with Crippen LogP contribution in [0.4, 0.5) is 4.39 Å². The first kappa shape index (κ1) is 22.2. The normalized spacial score (nSPS) is 26.0. The van der Waals surface area contributed by atoms with E-state index in [4.69, 9.17) is 0 Å². The largest absolute Gasteiger partial charge is 0.246 e. The van der Waals surface area contributed by atoms with E-state index in [0.717, 1.165) is 28.9 Å². The highest BCUT2D eigenvalue weighted by Crippen LogP contribution is 2.58. The van der Waals surface area contributed by atoms with Crippen molar-refractivity contribution in [1.82, 2.24) is 0 Å². The summed E-state index contributed by atoms with van der Waals surface area (Å²) >= 11 is 0. The third-order valence-corrected chi connectivity index (χ3v) is 6.24. The van der Waals surface area contributed by atoms with Crippen molar-refractivity contribution in [3.63, 3.8) is 0 Å². The van der Waals surface area contributed by atoms with Crippen LogP contribution in [-0.4, -0.2) is 0 Å². The lowest BCUT2D eigenvalue weighted by Gasteiger charge is -2.57. The fraction of sp³-hybridized carbons (Fsp3) is 0.750. The summed E-state index contributed by atoms with van der Waals surface area (Å²) in [5.41, 5.74) is 1.82. The van der Waals surface area contributed by atoms with Crippen LogP contribution >= 0.6 is 0 Å². The molecule has 0 radical (unpaired) electrons. The number of halogens is 1. The lowest BCUT2D eigenvalue weighted by atomic mass is 9.48. The maximum Gasteiger partial charge on any atom is 0.115 e. The summed E-state index contributed by atoms with van der Waals surface area (Å²) < 4.78 is 12.0. The van der Waals surface area contributed by atoms with Crippen LogP contribution in [0.1, 0.15) is 90.2 Å². The Labute approximate surface area is 156 Å². The van der Waals surface area contributed by atoms with E-state index >= 15 is 0 Å². The fourth-order valence-electron chi connectivity index (χ4n) is 4.19. The Bertz CT molecular complexity index is 445. The van der Waals surface area contributed by atoms with Crippen LogP contribution in [0, 0.1) is 30.6 Å². The monoisotopic (exact) mass is 348 g/mol. The Morgan fingerprint density at radius 2 is 1.56 bits per heavy atom. The van der Waals surface area contributed by atoms with Crippen molar-refractivity contribution in [3.8, 4) is 0 Å². The van der Waals surface area contributed by atoms with Crippen molar-refractivity contribution in [1.29, 1.82) is 0 Å². The minimum Gasteiger partial charge on any atom is -0.246 e. The second-order valence-electron chi connectivity index (χ2n) is 8.07. The van der Waals surface area contributed by atoms with Gasteiger partial charge in [-0.2, -0.15) is 0 Å². The third-order valence-electron chi connectivity index (χ3n) is 6.24. The van der Waals surface area contributed by atoms with Gasteiger partial charge in [-0.3, -0.25) is 0 Å². The summed E-state index contributed by atoms with van der Waals surface area (Å²) in [6, 6.07) is 7.47. The van der Waals surface area contributed by atoms with E-state index in [1.165, 1.54) is 44.4 Å². The number of aryl methyl sites for hydroxylation is 1. The Kier molecular flexibility index (Phi) is 11.1. The maximum absolute atomic E-state index is 12.0. The smallest absolute Gasteiger partial charge is 0.115 e. The zero-order valence-corrected chi connectivity index (χ0v) is 17.4. The highest BCUT2D eigenvalue weighted by Gasteiger charge is 2.50. The number of alkyl halides is 1. The summed E-state index contributed by atoms with van der Waals surface area (Å²) in [5.74, 6) is 4.55. The Hall–Kier alpha value is -0.850. The van der Waals surface area contributed by atoms with Crippen molar-refractivity contribution in [3.05, 3.63) is 35.4 Å². The topological polar surface area (TPSA) is 0 Å². The molecule has 0 heterocycles. The molecule has 0 spiro atoms. The van der Waals surface area contributed by atoms with Crippen molar-refractivity contribution >= 4 is 0 Å². The van der Waals surface area contributed by atoms with Gasteiger partial charge in [0, 0.05) is 0 Å². The van der Waals surface area contributed by atoms with E-state index in [1.54, 1.807) is 18.9 Å². The zero-order chi connectivity index (χ0) is 18.7. The Morgan fingerprint density at radius 3 is 1.92 bits per heavy atom. The minimum absolute atomic E-state index is 0.354. The number of benzene rings is 1. The molecule has 2 fully saturated rings. The van der Waals surface area contributed by atoms with Gasteiger partial charge in [0.05, 0.1) is 0 Å². The van der Waals surface area contributed by atoms with Gasteiger partial charge in [-0.15, -0.1) is 0 Å². The van der Waals surface area contributed by atoms with Crippen LogP contribution in [0.3, 0.4) is 0 Å². The summed E-state index contributed by atoms with van der Waals surface area (Å²) in [6.07, 6.45) is 11.5. The molecule has 2 aliphatic carbocycles. The van der Waals surface area contributed by atoms with E-state index in [9.17, 15) is 4.39 Å². The van der Waals surface area contributed by atoms with E-state index in [1.807, 2.05) is 25.1 Å². The van der Waals surface area contributed by atoms with Gasteiger partial charge < -0.3 is 0 Å². The highest BCUT2D eigenvalue weighted by atomic mass is 19.1. The van der Waals surface area contributed by atoms with Crippen molar-refractivity contribution in [2.75, 3.05) is 0 Å². The number of rotatable bonds is 6. The molecule has 0 N–H and O–H groups in total. The molecule has 0 amide bonds. The molecule has 4 unspecified atom stereocenters. The summed E-state index contributed by atoms with van der Waals surface area (Å²) in [5, 5.41) is 0. The quantitative estimate of drug-likeness (QED) is 0.455. The van der Waals surface area contributed by atoms with Crippen LogP contribution in [0.5, 0.6) is 0 Å². The molecule has 1 aromatic rings. The lowest BCUT2D eigenvalue weighted by molar-refractivity contribution is -0.0800. The highest BCUT2D eigenvalue weighted by molar-refractivity contribution is 5.24. The molecule has 2 saturated carbocycles. The molecule has 1 heteroatoms. The Balaban J connectivity index is 0.000000190. The third kappa shape index (κ3) is 7.12. The lowest BCUT2D eigenvalue weighted by Crippen LogP contribution is -2.49. The zero-order valence-electron chi connectivity index (χ0n) is 17.4. The van der Waals surface area contributed by atoms with Gasteiger partial charge in [-0.1, -0.05) is 90.5 Å². The van der Waals surface area contributed by atoms with Gasteiger partial charge in [0.1, 0.15) is 6.67 Å². The molecule has 0 nitrogen and oxygen atoms in total. The van der Waals surface area contributed by atoms with Gasteiger partial charge in [-0.05, 0) is 54.6 Å². The van der Waals surface area contributed by atoms with Crippen LogP contribution < -0.4 is 0 Å². The first-order valence-electron chi connectivity index (χ1n) is 10.7. The van der Waals surface area contributed by atoms with Gasteiger partial charge in [-0.25, -0.2) is 4.39 Å². The molecule has 4 atom stereocenters. The Morgan fingerprint density at radius 1 is 0.920 bits per heavy atom. The number of hydrogen-bond donors (Lipinski definition) is 0. The molecule has 2 aliphatic rings. The fourth-order valence-corrected chi connectivity index (χ4v) is 4.19. The first-order chi connectivity index (χ1) is 12.1. The van der Waals surface area contributed by atoms with E-state index < -0.39 is 0 Å². The molecule has 0 bridgehead atoms. The van der Waals surface area contributed by atoms with Crippen LogP contribution in [0.15, 0.2) is 24.3 Å². The summed E-state index contributed by atoms with van der Waals surface area (Å²) in [6.45, 7) is 10.8. The molecule has 0 aliphatic heterocycles. The average molecular weight is 349 g/mol. The van der Waals surface area contributed by atoms with Crippen molar-refractivity contribution in [2.24, 2.45) is 23.7 Å². The molecule has 0 saturated heterocycles. The van der Waals surface area contributed by atoms with Gasteiger partial charge in [0.15, 0.2) is 0 Å². The predicted octanol–water partition coefficient (Wildman–Crippen LogP) is 8.13. The maximum atomic E-state index is 12.0. The van der Waals surface area contributed by atoms with Crippen LogP contribution in [-0.2, 0) is 6.67 Å². The van der Waals surface area contributed by atoms with Crippen LogP contribution in [0.2, 0.25) is 0 Å². The summed E-state index contributed by atoms with van der Waals surface area (Å²) in [7, 11) is 0. The second-order valence-corrected chi connectivity index (χ2v) is 8.07. The van der Waals surface area contributed by atoms with E-state index in [-0.39, 0.29) is 6.67 Å². The van der Waals surface area contributed by atoms with Gasteiger partial charge in [0.25, 0.3) is 0 Å². The minimum atomic E-state index is -0.354. The number of fused-ring (bicyclic) bond motifs is 1. The van der Waals surface area contributed by atoms with Crippen LogP contribution in [0.25, 0.3) is 0 Å². The van der Waals surface area contributed by atoms with E-state index in [2.05, 4.69) is 27.7 Å². The number of unbranched alkanes of at least 4 members (excludes halogenated alkanes) is 4. The average Bonchev–Trinajstić information content (AvgIpc) is 2.62. The van der Waals surface area contributed by atoms with Gasteiger partial charge in [0.2, 0.25) is 0 Å². The molecule has 0 aromatic heterocycles. The molecule has 144 valence electrons. The second kappa shape index (κ2) is 12.5. The summed E-state index contributed by atoms with van der Waals surface area (Å²) in [4.78, 5) is 0. The van der Waals surface area contributed by atoms with Crippen molar-refractivity contribution < 1.29 is 4.39 Å². The molecule has 25 heavy (non-hydrogen) atoms. The van der Waals surface area contributed by atoms with Gasteiger partial charge >= 0.3 is 0 Å². The predicted molar refractivity (Wildman–Crippen MR) is 110 cm³/mol.